The highest BCUT2D eigenvalue weighted by Gasteiger charge is 2.36. The van der Waals surface area contributed by atoms with Gasteiger partial charge in [-0.25, -0.2) is 0 Å². The van der Waals surface area contributed by atoms with Crippen LogP contribution in [0.3, 0.4) is 0 Å². The predicted octanol–water partition coefficient (Wildman–Crippen LogP) is 6.62. The van der Waals surface area contributed by atoms with E-state index in [-0.39, 0.29) is 11.3 Å². The molecule has 5 heteroatoms. The lowest BCUT2D eigenvalue weighted by Crippen LogP contribution is -2.39. The van der Waals surface area contributed by atoms with Gasteiger partial charge in [-0.1, -0.05) is 70.4 Å². The van der Waals surface area contributed by atoms with Crippen LogP contribution >= 0.6 is 0 Å². The lowest BCUT2D eigenvalue weighted by atomic mass is 9.69. The summed E-state index contributed by atoms with van der Waals surface area (Å²) in [5, 5.41) is 11.2. The third-order valence-electron chi connectivity index (χ3n) is 8.23. The van der Waals surface area contributed by atoms with Crippen molar-refractivity contribution in [2.24, 2.45) is 5.92 Å². The molecule has 0 heterocycles. The molecular weight excluding hydrogens is 444 g/mol. The smallest absolute Gasteiger partial charge is 0.306 e. The Bertz CT molecular complexity index is 1090. The topological polar surface area (TPSA) is 63.6 Å². The van der Waals surface area contributed by atoms with Crippen molar-refractivity contribution in [3.05, 3.63) is 64.2 Å². The fraction of sp³-hybridized carbons (Fsp3) is 0.586. The summed E-state index contributed by atoms with van der Waals surface area (Å²) in [5.74, 6) is 0.623. The zero-order valence-corrected chi connectivity index (χ0v) is 22.6. The summed E-state index contributed by atoms with van der Waals surface area (Å²) in [6.07, 6.45) is 9.15. The van der Waals surface area contributed by atoms with Crippen LogP contribution < -0.4 is 4.18 Å². The highest BCUT2D eigenvalue weighted by atomic mass is 32.2. The molecule has 1 fully saturated rings. The molecule has 2 aromatic rings. The third kappa shape index (κ3) is 5.68. The Morgan fingerprint density at radius 2 is 1.53 bits per heavy atom. The maximum atomic E-state index is 11.6. The minimum absolute atomic E-state index is 0.162. The fourth-order valence-electron chi connectivity index (χ4n) is 5.84. The summed E-state index contributed by atoms with van der Waals surface area (Å²) in [7, 11) is -3.56. The quantitative estimate of drug-likeness (QED) is 0.405. The molecule has 0 bridgehead atoms. The Balaban J connectivity index is 1.91. The van der Waals surface area contributed by atoms with E-state index in [1.54, 1.807) is 6.07 Å². The van der Waals surface area contributed by atoms with E-state index in [1.807, 2.05) is 13.0 Å². The monoisotopic (exact) mass is 486 g/mol. The molecule has 1 aliphatic rings. The van der Waals surface area contributed by atoms with Gasteiger partial charge in [-0.2, -0.15) is 8.42 Å². The van der Waals surface area contributed by atoms with E-state index in [1.165, 1.54) is 28.7 Å². The van der Waals surface area contributed by atoms with E-state index in [0.29, 0.717) is 5.75 Å². The van der Waals surface area contributed by atoms with Crippen molar-refractivity contribution in [2.45, 2.75) is 97.0 Å². The van der Waals surface area contributed by atoms with Crippen molar-refractivity contribution in [1.82, 2.24) is 0 Å². The first-order chi connectivity index (χ1) is 15.9. The fourth-order valence-corrected chi connectivity index (χ4v) is 6.35. The average Bonchev–Trinajstić information content (AvgIpc) is 2.78. The molecular formula is C29H42O4S. The molecule has 34 heavy (non-hydrogen) atoms. The number of hydrogen-bond acceptors (Lipinski definition) is 4. The molecule has 3 rings (SSSR count). The molecule has 4 nitrogen and oxygen atoms in total. The molecule has 1 N–H and O–H groups in total. The SMILES string of the molecule is CCC(CC)(c1ccc(CC(C)C2(O)CCCCC2)c(C)c1)c1ccc(OS(C)(=O)=O)c(C)c1. The maximum Gasteiger partial charge on any atom is 0.306 e. The van der Waals surface area contributed by atoms with Gasteiger partial charge in [-0.15, -0.1) is 0 Å². The van der Waals surface area contributed by atoms with Crippen LogP contribution in [0.25, 0.3) is 0 Å². The minimum atomic E-state index is -3.56. The van der Waals surface area contributed by atoms with Gasteiger partial charge in [-0.05, 0) is 85.8 Å². The van der Waals surface area contributed by atoms with Gasteiger partial charge < -0.3 is 9.29 Å². The highest BCUT2D eigenvalue weighted by Crippen LogP contribution is 2.42. The summed E-state index contributed by atoms with van der Waals surface area (Å²) in [5.41, 5.74) is 5.15. The van der Waals surface area contributed by atoms with Crippen molar-refractivity contribution in [2.75, 3.05) is 6.26 Å². The Kier molecular flexibility index (Phi) is 8.19. The Morgan fingerprint density at radius 1 is 0.971 bits per heavy atom. The largest absolute Gasteiger partial charge is 0.390 e. The van der Waals surface area contributed by atoms with Crippen LogP contribution in [0.1, 0.15) is 93.5 Å². The lowest BCUT2D eigenvalue weighted by molar-refractivity contribution is -0.0429. The number of aliphatic hydroxyl groups is 1. The van der Waals surface area contributed by atoms with Gasteiger partial charge in [0.1, 0.15) is 5.75 Å². The molecule has 0 radical (unpaired) electrons. The average molecular weight is 487 g/mol. The first-order valence-electron chi connectivity index (χ1n) is 12.8. The van der Waals surface area contributed by atoms with E-state index >= 15 is 0 Å². The first kappa shape index (κ1) is 26.7. The van der Waals surface area contributed by atoms with Gasteiger partial charge in [0.25, 0.3) is 0 Å². The van der Waals surface area contributed by atoms with Gasteiger partial charge in [0.05, 0.1) is 11.9 Å². The number of aryl methyl sites for hydroxylation is 2. The molecule has 188 valence electrons. The maximum absolute atomic E-state index is 11.6. The van der Waals surface area contributed by atoms with Gasteiger partial charge in [0, 0.05) is 5.41 Å². The lowest BCUT2D eigenvalue weighted by Gasteiger charge is -2.38. The molecule has 2 aromatic carbocycles. The molecule has 1 atom stereocenters. The molecule has 1 unspecified atom stereocenters. The summed E-state index contributed by atoms with van der Waals surface area (Å²) < 4.78 is 28.3. The molecule has 1 saturated carbocycles. The van der Waals surface area contributed by atoms with Crippen LogP contribution in [0.15, 0.2) is 36.4 Å². The van der Waals surface area contributed by atoms with E-state index < -0.39 is 15.7 Å². The van der Waals surface area contributed by atoms with Crippen LogP contribution in [-0.2, 0) is 22.0 Å². The second-order valence-electron chi connectivity index (χ2n) is 10.5. The van der Waals surface area contributed by atoms with Crippen molar-refractivity contribution in [3.63, 3.8) is 0 Å². The third-order valence-corrected chi connectivity index (χ3v) is 8.72. The van der Waals surface area contributed by atoms with Crippen LogP contribution in [0, 0.1) is 19.8 Å². The molecule has 0 saturated heterocycles. The standard InChI is InChI=1S/C29H42O4S/c1-7-28(8-2,26-14-15-27(22(4)19-26)33-34(6,31)32)25-13-12-24(21(3)18-25)20-23(5)29(30)16-10-9-11-17-29/h12-15,18-19,23,30H,7-11,16-17,20H2,1-6H3. The second kappa shape index (κ2) is 10.4. The van der Waals surface area contributed by atoms with Crippen molar-refractivity contribution < 1.29 is 17.7 Å². The van der Waals surface area contributed by atoms with Gasteiger partial charge >= 0.3 is 10.1 Å². The minimum Gasteiger partial charge on any atom is -0.390 e. The van der Waals surface area contributed by atoms with Crippen LogP contribution in [-0.4, -0.2) is 25.4 Å². The van der Waals surface area contributed by atoms with Crippen molar-refractivity contribution in [1.29, 1.82) is 0 Å². The Hall–Kier alpha value is -1.85. The Labute approximate surface area is 206 Å². The zero-order valence-electron chi connectivity index (χ0n) is 21.8. The molecule has 0 aromatic heterocycles. The van der Waals surface area contributed by atoms with E-state index in [4.69, 9.17) is 4.18 Å². The molecule has 0 amide bonds. The molecule has 1 aliphatic carbocycles. The van der Waals surface area contributed by atoms with Gasteiger partial charge in [0.15, 0.2) is 0 Å². The zero-order chi connectivity index (χ0) is 25.1. The predicted molar refractivity (Wildman–Crippen MR) is 140 cm³/mol. The Morgan fingerprint density at radius 3 is 2.03 bits per heavy atom. The second-order valence-corrected chi connectivity index (χ2v) is 12.0. The summed E-state index contributed by atoms with van der Waals surface area (Å²) in [6, 6.07) is 12.7. The number of rotatable bonds is 9. The molecule has 0 spiro atoms. The summed E-state index contributed by atoms with van der Waals surface area (Å²) in [4.78, 5) is 0. The summed E-state index contributed by atoms with van der Waals surface area (Å²) >= 11 is 0. The first-order valence-corrected chi connectivity index (χ1v) is 14.6. The normalized spacial score (nSPS) is 17.4. The van der Waals surface area contributed by atoms with Gasteiger partial charge in [0.2, 0.25) is 0 Å². The van der Waals surface area contributed by atoms with E-state index in [0.717, 1.165) is 56.8 Å². The van der Waals surface area contributed by atoms with E-state index in [9.17, 15) is 13.5 Å². The van der Waals surface area contributed by atoms with Crippen LogP contribution in [0.4, 0.5) is 0 Å². The van der Waals surface area contributed by atoms with Crippen LogP contribution in [0.2, 0.25) is 0 Å². The number of benzene rings is 2. The van der Waals surface area contributed by atoms with Crippen LogP contribution in [0.5, 0.6) is 5.75 Å². The van der Waals surface area contributed by atoms with Gasteiger partial charge in [-0.3, -0.25) is 0 Å². The molecule has 0 aliphatic heterocycles. The van der Waals surface area contributed by atoms with E-state index in [2.05, 4.69) is 52.0 Å². The van der Waals surface area contributed by atoms with Crippen molar-refractivity contribution >= 4 is 10.1 Å². The summed E-state index contributed by atoms with van der Waals surface area (Å²) in [6.45, 7) is 10.7. The van der Waals surface area contributed by atoms with Crippen molar-refractivity contribution in [3.8, 4) is 5.75 Å². The highest BCUT2D eigenvalue weighted by molar-refractivity contribution is 7.86. The number of hydrogen-bond donors (Lipinski definition) is 1.